The van der Waals surface area contributed by atoms with Crippen LogP contribution in [0.5, 0.6) is 0 Å². The molecule has 1 atom stereocenters. The Bertz CT molecular complexity index is 716. The topological polar surface area (TPSA) is 75.5 Å². The fraction of sp³-hybridized carbons (Fsp3) is 0.353. The lowest BCUT2D eigenvalue weighted by molar-refractivity contribution is -0.385. The zero-order chi connectivity index (χ0) is 17.7. The van der Waals surface area contributed by atoms with Crippen molar-refractivity contribution in [2.24, 2.45) is 0 Å². The molecule has 0 aliphatic rings. The minimum absolute atomic E-state index is 0.0104. The number of hydrogen-bond acceptors (Lipinski definition) is 5. The van der Waals surface area contributed by atoms with Crippen molar-refractivity contribution in [2.45, 2.75) is 26.3 Å². The second-order valence-electron chi connectivity index (χ2n) is 5.68. The molecule has 0 bridgehead atoms. The molecule has 0 radical (unpaired) electrons. The fourth-order valence-corrected chi connectivity index (χ4v) is 3.24. The molecular weight excluding hydrogens is 326 g/mol. The van der Waals surface area contributed by atoms with Gasteiger partial charge >= 0.3 is 0 Å². The maximum absolute atomic E-state index is 12.2. The number of carbonyl (C=O) groups is 1. The summed E-state index contributed by atoms with van der Waals surface area (Å²) in [6.45, 7) is 4.35. The van der Waals surface area contributed by atoms with Crippen LogP contribution in [0.25, 0.3) is 0 Å². The third kappa shape index (κ3) is 4.39. The van der Waals surface area contributed by atoms with Crippen LogP contribution in [-0.4, -0.2) is 29.3 Å². The molecule has 1 amide bonds. The van der Waals surface area contributed by atoms with E-state index in [0.717, 1.165) is 0 Å². The van der Waals surface area contributed by atoms with Crippen molar-refractivity contribution in [3.63, 3.8) is 0 Å². The van der Waals surface area contributed by atoms with Crippen molar-refractivity contribution < 1.29 is 9.72 Å². The van der Waals surface area contributed by atoms with Crippen molar-refractivity contribution in [2.75, 3.05) is 18.9 Å². The molecule has 2 aromatic rings. The second kappa shape index (κ2) is 8.03. The van der Waals surface area contributed by atoms with Gasteiger partial charge in [-0.15, -0.1) is 11.3 Å². The molecule has 0 aliphatic heterocycles. The third-order valence-electron chi connectivity index (χ3n) is 4.08. The minimum atomic E-state index is -0.443. The van der Waals surface area contributed by atoms with Gasteiger partial charge in [0.1, 0.15) is 0 Å². The lowest BCUT2D eigenvalue weighted by atomic mass is 10.1. The predicted molar refractivity (Wildman–Crippen MR) is 96.4 cm³/mol. The molecule has 1 unspecified atom stereocenters. The second-order valence-corrected chi connectivity index (χ2v) is 6.66. The van der Waals surface area contributed by atoms with Gasteiger partial charge in [0.05, 0.1) is 16.2 Å². The van der Waals surface area contributed by atoms with Gasteiger partial charge in [0, 0.05) is 30.0 Å². The van der Waals surface area contributed by atoms with E-state index in [4.69, 9.17) is 0 Å². The van der Waals surface area contributed by atoms with E-state index in [1.54, 1.807) is 30.4 Å². The Labute approximate surface area is 145 Å². The average Bonchev–Trinajstić information content (AvgIpc) is 3.08. The molecule has 0 spiro atoms. The minimum Gasteiger partial charge on any atom is -0.326 e. The Morgan fingerprint density at radius 2 is 2.12 bits per heavy atom. The van der Waals surface area contributed by atoms with Gasteiger partial charge in [0.25, 0.3) is 5.69 Å². The molecule has 1 aromatic heterocycles. The first-order valence-electron chi connectivity index (χ1n) is 7.67. The van der Waals surface area contributed by atoms with E-state index in [2.05, 4.69) is 23.2 Å². The number of anilines is 1. The number of hydrogen-bond donors (Lipinski definition) is 1. The molecular formula is C17H21N3O3S. The summed E-state index contributed by atoms with van der Waals surface area (Å²) in [5, 5.41) is 15.8. The first kappa shape index (κ1) is 18.1. The van der Waals surface area contributed by atoms with Crippen LogP contribution in [0, 0.1) is 17.0 Å². The Hall–Kier alpha value is -2.25. The standard InChI is InChI=1S/C17H21N3O3S/c1-12-14(6-4-7-15(12)20(22)23)18-17(21)9-10-19(3)13(2)16-8-5-11-24-16/h4-8,11,13H,9-10H2,1-3H3,(H,18,21). The molecule has 1 heterocycles. The van der Waals surface area contributed by atoms with Crippen LogP contribution in [0.2, 0.25) is 0 Å². The van der Waals surface area contributed by atoms with Gasteiger partial charge in [-0.3, -0.25) is 19.8 Å². The maximum Gasteiger partial charge on any atom is 0.274 e. The first-order valence-corrected chi connectivity index (χ1v) is 8.55. The molecule has 0 aliphatic carbocycles. The lowest BCUT2D eigenvalue weighted by Gasteiger charge is -2.23. The van der Waals surface area contributed by atoms with Gasteiger partial charge in [-0.2, -0.15) is 0 Å². The van der Waals surface area contributed by atoms with Gasteiger partial charge in [-0.1, -0.05) is 12.1 Å². The number of nitrogens with one attached hydrogen (secondary N) is 1. The summed E-state index contributed by atoms with van der Waals surface area (Å²) in [4.78, 5) is 26.0. The van der Waals surface area contributed by atoms with E-state index in [1.807, 2.05) is 18.5 Å². The molecule has 24 heavy (non-hydrogen) atoms. The van der Waals surface area contributed by atoms with Crippen LogP contribution in [0.4, 0.5) is 11.4 Å². The third-order valence-corrected chi connectivity index (χ3v) is 5.13. The van der Waals surface area contributed by atoms with Gasteiger partial charge in [-0.05, 0) is 38.4 Å². The lowest BCUT2D eigenvalue weighted by Crippen LogP contribution is -2.26. The quantitative estimate of drug-likeness (QED) is 0.607. The summed E-state index contributed by atoms with van der Waals surface area (Å²) >= 11 is 1.70. The van der Waals surface area contributed by atoms with Crippen molar-refractivity contribution in [1.29, 1.82) is 0 Å². The monoisotopic (exact) mass is 347 g/mol. The van der Waals surface area contributed by atoms with Gasteiger partial charge in [0.15, 0.2) is 0 Å². The fourth-order valence-electron chi connectivity index (χ4n) is 2.39. The SMILES string of the molecule is Cc1c(NC(=O)CCN(C)C(C)c2cccs2)cccc1[N+](=O)[O-]. The smallest absolute Gasteiger partial charge is 0.274 e. The molecule has 7 heteroatoms. The van der Waals surface area contributed by atoms with Gasteiger partial charge in [-0.25, -0.2) is 0 Å². The molecule has 0 saturated carbocycles. The number of nitro groups is 1. The van der Waals surface area contributed by atoms with Crippen molar-refractivity contribution in [3.8, 4) is 0 Å². The zero-order valence-electron chi connectivity index (χ0n) is 14.0. The van der Waals surface area contributed by atoms with Gasteiger partial charge in [0.2, 0.25) is 5.91 Å². The Morgan fingerprint density at radius 1 is 1.38 bits per heavy atom. The summed E-state index contributed by atoms with van der Waals surface area (Å²) < 4.78 is 0. The molecule has 0 fully saturated rings. The number of rotatable bonds is 7. The van der Waals surface area contributed by atoms with E-state index in [1.165, 1.54) is 10.9 Å². The van der Waals surface area contributed by atoms with Crippen molar-refractivity contribution >= 4 is 28.6 Å². The highest BCUT2D eigenvalue weighted by Gasteiger charge is 2.16. The number of amides is 1. The Morgan fingerprint density at radius 3 is 2.75 bits per heavy atom. The van der Waals surface area contributed by atoms with Crippen LogP contribution < -0.4 is 5.32 Å². The predicted octanol–water partition coefficient (Wildman–Crippen LogP) is 3.99. The summed E-state index contributed by atoms with van der Waals surface area (Å²) in [5.41, 5.74) is 0.968. The highest BCUT2D eigenvalue weighted by molar-refractivity contribution is 7.10. The molecule has 1 aromatic carbocycles. The van der Waals surface area contributed by atoms with Crippen LogP contribution in [0.3, 0.4) is 0 Å². The normalized spacial score (nSPS) is 12.2. The number of carbonyl (C=O) groups excluding carboxylic acids is 1. The van der Waals surface area contributed by atoms with E-state index in [9.17, 15) is 14.9 Å². The summed E-state index contributed by atoms with van der Waals surface area (Å²) in [6.07, 6.45) is 0.328. The molecule has 1 N–H and O–H groups in total. The Kier molecular flexibility index (Phi) is 6.05. The Balaban J connectivity index is 1.92. The summed E-state index contributed by atoms with van der Waals surface area (Å²) in [7, 11) is 1.98. The molecule has 128 valence electrons. The van der Waals surface area contributed by atoms with Crippen molar-refractivity contribution in [1.82, 2.24) is 4.90 Å². The van der Waals surface area contributed by atoms with Crippen LogP contribution in [0.15, 0.2) is 35.7 Å². The summed E-state index contributed by atoms with van der Waals surface area (Å²) in [6, 6.07) is 9.03. The maximum atomic E-state index is 12.2. The summed E-state index contributed by atoms with van der Waals surface area (Å²) in [5.74, 6) is -0.149. The molecule has 0 saturated heterocycles. The molecule has 6 nitrogen and oxygen atoms in total. The van der Waals surface area contributed by atoms with Crippen LogP contribution >= 0.6 is 11.3 Å². The average molecular weight is 347 g/mol. The highest BCUT2D eigenvalue weighted by atomic mass is 32.1. The van der Waals surface area contributed by atoms with E-state index in [0.29, 0.717) is 24.2 Å². The number of nitrogens with zero attached hydrogens (tertiary/aromatic N) is 2. The van der Waals surface area contributed by atoms with E-state index in [-0.39, 0.29) is 17.6 Å². The number of benzene rings is 1. The molecule has 2 rings (SSSR count). The largest absolute Gasteiger partial charge is 0.326 e. The zero-order valence-corrected chi connectivity index (χ0v) is 14.8. The first-order chi connectivity index (χ1) is 11.4. The van der Waals surface area contributed by atoms with E-state index < -0.39 is 4.92 Å². The number of nitro benzene ring substituents is 1. The van der Waals surface area contributed by atoms with Crippen LogP contribution in [0.1, 0.15) is 29.8 Å². The van der Waals surface area contributed by atoms with Gasteiger partial charge < -0.3 is 5.32 Å². The van der Waals surface area contributed by atoms with E-state index >= 15 is 0 Å². The number of thiophene rings is 1. The van der Waals surface area contributed by atoms with Crippen LogP contribution in [-0.2, 0) is 4.79 Å². The van der Waals surface area contributed by atoms with Crippen molar-refractivity contribution in [3.05, 3.63) is 56.3 Å². The highest BCUT2D eigenvalue weighted by Crippen LogP contribution is 2.26.